The van der Waals surface area contributed by atoms with E-state index in [1.165, 1.54) is 75.9 Å². The Morgan fingerprint density at radius 3 is 2.61 bits per heavy atom. The fourth-order valence-corrected chi connectivity index (χ4v) is 4.43. The zero-order valence-electron chi connectivity index (χ0n) is 12.0. The molecule has 2 aliphatic carbocycles. The van der Waals surface area contributed by atoms with Crippen LogP contribution in [0.4, 0.5) is 0 Å². The minimum absolute atomic E-state index is 0.920. The van der Waals surface area contributed by atoms with Crippen molar-refractivity contribution in [3.63, 3.8) is 0 Å². The molecule has 0 aromatic heterocycles. The zero-order valence-corrected chi connectivity index (χ0v) is 13.2. The molecule has 0 nitrogen and oxygen atoms in total. The van der Waals surface area contributed by atoms with Gasteiger partial charge in [-0.15, -0.1) is 5.28 Å². The standard InChI is InChI=1S/C17H29.Al/c1-3-4-5-6-7-8-15-10-12-17-14(2)9-11-16(17)13-15;/h15-17H,1-13H2;. The summed E-state index contributed by atoms with van der Waals surface area (Å²) < 4.78 is 0. The summed E-state index contributed by atoms with van der Waals surface area (Å²) in [5.74, 6) is 3.00. The minimum Gasteiger partial charge on any atom is -0.118 e. The van der Waals surface area contributed by atoms with Gasteiger partial charge < -0.3 is 0 Å². The van der Waals surface area contributed by atoms with E-state index in [0.717, 1.165) is 17.8 Å². The van der Waals surface area contributed by atoms with E-state index in [0.29, 0.717) is 0 Å². The molecular weight excluding hydrogens is 231 g/mol. The number of allylic oxidation sites excluding steroid dienone is 1. The van der Waals surface area contributed by atoms with Crippen molar-refractivity contribution < 1.29 is 0 Å². The van der Waals surface area contributed by atoms with E-state index in [4.69, 9.17) is 0 Å². The fourth-order valence-electron chi connectivity index (χ4n) is 4.14. The van der Waals surface area contributed by atoms with Crippen LogP contribution in [0.5, 0.6) is 0 Å². The molecule has 0 amide bonds. The smallest absolute Gasteiger partial charge is 0.118 e. The molecule has 2 radical (unpaired) electrons. The average molecular weight is 260 g/mol. The molecule has 0 saturated heterocycles. The van der Waals surface area contributed by atoms with Crippen LogP contribution in [0.1, 0.15) is 70.6 Å². The molecule has 100 valence electrons. The van der Waals surface area contributed by atoms with Crippen molar-refractivity contribution in [3.05, 3.63) is 12.2 Å². The van der Waals surface area contributed by atoms with Crippen LogP contribution in [0.25, 0.3) is 0 Å². The van der Waals surface area contributed by atoms with Gasteiger partial charge in [0.2, 0.25) is 0 Å². The van der Waals surface area contributed by atoms with Gasteiger partial charge in [0, 0.05) is 0 Å². The molecule has 0 bridgehead atoms. The molecule has 0 aliphatic heterocycles. The summed E-state index contributed by atoms with van der Waals surface area (Å²) in [7, 11) is 0. The first-order valence-corrected chi connectivity index (χ1v) is 9.00. The molecule has 2 rings (SSSR count). The SMILES string of the molecule is C=C1CCC2CC(CCCCCC[CH2][Al])CCC12. The van der Waals surface area contributed by atoms with Crippen molar-refractivity contribution in [1.82, 2.24) is 0 Å². The summed E-state index contributed by atoms with van der Waals surface area (Å²) >= 11 is 2.84. The summed E-state index contributed by atoms with van der Waals surface area (Å²) in [6.07, 6.45) is 16.0. The molecule has 2 fully saturated rings. The van der Waals surface area contributed by atoms with Gasteiger partial charge in [0.05, 0.1) is 0 Å². The van der Waals surface area contributed by atoms with Crippen molar-refractivity contribution in [3.8, 4) is 0 Å². The Bertz CT molecular complexity index is 258. The number of unbranched alkanes of at least 4 members (excludes halogenated alkanes) is 4. The number of rotatable bonds is 7. The second-order valence-corrected chi connectivity index (χ2v) is 7.17. The maximum absolute atomic E-state index is 4.27. The van der Waals surface area contributed by atoms with Gasteiger partial charge in [-0.1, -0.05) is 50.7 Å². The molecule has 0 N–H and O–H groups in total. The van der Waals surface area contributed by atoms with Crippen molar-refractivity contribution in [2.75, 3.05) is 0 Å². The monoisotopic (exact) mass is 260 g/mol. The van der Waals surface area contributed by atoms with Crippen LogP contribution in [0.15, 0.2) is 12.2 Å². The predicted octanol–water partition coefficient (Wildman–Crippen LogP) is 5.30. The molecule has 1 heteroatoms. The Hall–Kier alpha value is 0.272. The third-order valence-corrected chi connectivity index (χ3v) is 5.68. The normalized spacial score (nSPS) is 31.6. The second kappa shape index (κ2) is 7.76. The lowest BCUT2D eigenvalue weighted by molar-refractivity contribution is 0.213. The Morgan fingerprint density at radius 2 is 1.78 bits per heavy atom. The van der Waals surface area contributed by atoms with Crippen LogP contribution >= 0.6 is 0 Å². The maximum Gasteiger partial charge on any atom is 0.118 e. The Kier molecular flexibility index (Phi) is 6.33. The summed E-state index contributed by atoms with van der Waals surface area (Å²) in [5, 5.41) is 1.29. The lowest BCUT2D eigenvalue weighted by Gasteiger charge is -2.32. The molecule has 3 atom stereocenters. The molecule has 18 heavy (non-hydrogen) atoms. The van der Waals surface area contributed by atoms with Crippen LogP contribution in [0.3, 0.4) is 0 Å². The van der Waals surface area contributed by atoms with Gasteiger partial charge in [0.25, 0.3) is 0 Å². The highest BCUT2D eigenvalue weighted by molar-refractivity contribution is 6.08. The highest BCUT2D eigenvalue weighted by Crippen LogP contribution is 2.47. The minimum atomic E-state index is 0.920. The van der Waals surface area contributed by atoms with Crippen LogP contribution in [0.2, 0.25) is 5.28 Å². The van der Waals surface area contributed by atoms with Crippen molar-refractivity contribution in [2.45, 2.75) is 75.9 Å². The third kappa shape index (κ3) is 4.14. The van der Waals surface area contributed by atoms with Gasteiger partial charge in [-0.3, -0.25) is 0 Å². The van der Waals surface area contributed by atoms with E-state index in [1.807, 2.05) is 0 Å². The number of hydrogen-bond acceptors (Lipinski definition) is 0. The van der Waals surface area contributed by atoms with Crippen LogP contribution in [-0.4, -0.2) is 16.3 Å². The van der Waals surface area contributed by atoms with Crippen molar-refractivity contribution in [1.29, 1.82) is 0 Å². The van der Waals surface area contributed by atoms with Gasteiger partial charge in [-0.05, 0) is 49.9 Å². The third-order valence-electron chi connectivity index (χ3n) is 5.27. The van der Waals surface area contributed by atoms with Gasteiger partial charge in [-0.25, -0.2) is 0 Å². The molecule has 2 saturated carbocycles. The summed E-state index contributed by atoms with van der Waals surface area (Å²) in [5.41, 5.74) is 1.58. The fraction of sp³-hybridized carbons (Fsp3) is 0.882. The van der Waals surface area contributed by atoms with Crippen molar-refractivity contribution in [2.24, 2.45) is 17.8 Å². The van der Waals surface area contributed by atoms with Crippen LogP contribution in [0, 0.1) is 17.8 Å². The Labute approximate surface area is 122 Å². The van der Waals surface area contributed by atoms with E-state index in [1.54, 1.807) is 5.57 Å². The lowest BCUT2D eigenvalue weighted by Crippen LogP contribution is -2.21. The second-order valence-electron chi connectivity index (χ2n) is 6.59. The highest BCUT2D eigenvalue weighted by atomic mass is 27.0. The lowest BCUT2D eigenvalue weighted by atomic mass is 9.73. The topological polar surface area (TPSA) is 0 Å². The number of fused-ring (bicyclic) bond motifs is 1. The van der Waals surface area contributed by atoms with E-state index in [9.17, 15) is 0 Å². The molecule has 0 aromatic carbocycles. The van der Waals surface area contributed by atoms with Crippen LogP contribution in [-0.2, 0) is 0 Å². The maximum atomic E-state index is 4.27. The summed E-state index contributed by atoms with van der Waals surface area (Å²) in [6, 6.07) is 0. The Balaban J connectivity index is 1.57. The Morgan fingerprint density at radius 1 is 1.00 bits per heavy atom. The van der Waals surface area contributed by atoms with Gasteiger partial charge >= 0.3 is 0 Å². The molecule has 0 aromatic rings. The molecule has 0 heterocycles. The first-order chi connectivity index (χ1) is 8.81. The van der Waals surface area contributed by atoms with E-state index < -0.39 is 0 Å². The average Bonchev–Trinajstić information content (AvgIpc) is 2.75. The molecule has 3 unspecified atom stereocenters. The first-order valence-electron chi connectivity index (χ1n) is 8.19. The van der Waals surface area contributed by atoms with E-state index in [2.05, 4.69) is 22.9 Å². The van der Waals surface area contributed by atoms with Gasteiger partial charge in [0.1, 0.15) is 16.3 Å². The summed E-state index contributed by atoms with van der Waals surface area (Å²) in [4.78, 5) is 0. The van der Waals surface area contributed by atoms with Crippen molar-refractivity contribution >= 4 is 16.3 Å². The van der Waals surface area contributed by atoms with Crippen LogP contribution < -0.4 is 0 Å². The largest absolute Gasteiger partial charge is 0.118 e. The zero-order chi connectivity index (χ0) is 12.8. The summed E-state index contributed by atoms with van der Waals surface area (Å²) in [6.45, 7) is 4.27. The highest BCUT2D eigenvalue weighted by Gasteiger charge is 2.35. The molecule has 0 spiro atoms. The molecule has 2 aliphatic rings. The van der Waals surface area contributed by atoms with Gasteiger partial charge in [0.15, 0.2) is 0 Å². The first kappa shape index (κ1) is 14.7. The molecular formula is C17H29Al. The van der Waals surface area contributed by atoms with E-state index >= 15 is 0 Å². The quantitative estimate of drug-likeness (QED) is 0.331. The van der Waals surface area contributed by atoms with E-state index in [-0.39, 0.29) is 0 Å². The number of hydrogen-bond donors (Lipinski definition) is 0. The predicted molar refractivity (Wildman–Crippen MR) is 81.0 cm³/mol. The van der Waals surface area contributed by atoms with Gasteiger partial charge in [-0.2, -0.15) is 0 Å².